The SMILES string of the molecule is CCOP(=O)(O)Cc1ccc(-c2nc3cc(Cl)ccc3c(=O)n2C)cc1. The average Bonchev–Trinajstić information content (AvgIpc) is 2.58. The van der Waals surface area contributed by atoms with Gasteiger partial charge in [0.05, 0.1) is 23.7 Å². The molecule has 1 heterocycles. The number of aromatic nitrogens is 2. The zero-order valence-electron chi connectivity index (χ0n) is 14.3. The molecule has 6 nitrogen and oxygen atoms in total. The lowest BCUT2D eigenvalue weighted by Gasteiger charge is -2.12. The van der Waals surface area contributed by atoms with Crippen LogP contribution >= 0.6 is 19.2 Å². The summed E-state index contributed by atoms with van der Waals surface area (Å²) in [5.41, 5.74) is 1.75. The Labute approximate surface area is 155 Å². The topological polar surface area (TPSA) is 81.4 Å². The van der Waals surface area contributed by atoms with E-state index in [-0.39, 0.29) is 18.3 Å². The summed E-state index contributed by atoms with van der Waals surface area (Å²) >= 11 is 6.01. The first-order valence-electron chi connectivity index (χ1n) is 8.02. The molecule has 26 heavy (non-hydrogen) atoms. The highest BCUT2D eigenvalue weighted by Crippen LogP contribution is 2.45. The minimum Gasteiger partial charge on any atom is -0.324 e. The Kier molecular flexibility index (Phi) is 5.30. The minimum atomic E-state index is -3.64. The Hall–Kier alpha value is -1.98. The fourth-order valence-electron chi connectivity index (χ4n) is 2.74. The third-order valence-corrected chi connectivity index (χ3v) is 5.63. The minimum absolute atomic E-state index is 0.0686. The van der Waals surface area contributed by atoms with Crippen LogP contribution in [0.25, 0.3) is 22.3 Å². The van der Waals surface area contributed by atoms with E-state index in [0.717, 1.165) is 5.56 Å². The van der Waals surface area contributed by atoms with Gasteiger partial charge in [-0.3, -0.25) is 13.9 Å². The summed E-state index contributed by atoms with van der Waals surface area (Å²) in [5, 5.41) is 1.00. The molecular weight excluding hydrogens is 375 g/mol. The van der Waals surface area contributed by atoms with Crippen LogP contribution in [0.15, 0.2) is 47.3 Å². The van der Waals surface area contributed by atoms with E-state index in [1.54, 1.807) is 56.4 Å². The molecule has 1 N–H and O–H groups in total. The van der Waals surface area contributed by atoms with Crippen LogP contribution < -0.4 is 5.56 Å². The Morgan fingerprint density at radius 3 is 2.58 bits per heavy atom. The molecule has 136 valence electrons. The largest absolute Gasteiger partial charge is 0.332 e. The van der Waals surface area contributed by atoms with Gasteiger partial charge in [0.2, 0.25) is 0 Å². The molecule has 0 saturated carbocycles. The van der Waals surface area contributed by atoms with Crippen molar-refractivity contribution in [2.75, 3.05) is 6.61 Å². The van der Waals surface area contributed by atoms with Gasteiger partial charge >= 0.3 is 7.60 Å². The van der Waals surface area contributed by atoms with Crippen LogP contribution in [0.2, 0.25) is 5.02 Å². The van der Waals surface area contributed by atoms with Gasteiger partial charge in [0.15, 0.2) is 0 Å². The maximum atomic E-state index is 12.6. The van der Waals surface area contributed by atoms with E-state index in [2.05, 4.69) is 4.98 Å². The molecule has 0 saturated heterocycles. The van der Waals surface area contributed by atoms with Crippen molar-refractivity contribution in [3.05, 3.63) is 63.4 Å². The average molecular weight is 393 g/mol. The lowest BCUT2D eigenvalue weighted by Crippen LogP contribution is -2.20. The van der Waals surface area contributed by atoms with Crippen molar-refractivity contribution in [3.63, 3.8) is 0 Å². The second kappa shape index (κ2) is 7.33. The Balaban J connectivity index is 2.00. The molecule has 0 bridgehead atoms. The van der Waals surface area contributed by atoms with E-state index in [9.17, 15) is 14.3 Å². The first-order valence-corrected chi connectivity index (χ1v) is 10.2. The molecule has 0 fully saturated rings. The number of benzene rings is 2. The molecule has 1 atom stereocenters. The van der Waals surface area contributed by atoms with Crippen LogP contribution in [0.5, 0.6) is 0 Å². The Bertz CT molecular complexity index is 1060. The Morgan fingerprint density at radius 1 is 1.23 bits per heavy atom. The highest BCUT2D eigenvalue weighted by molar-refractivity contribution is 7.51. The molecule has 0 aliphatic carbocycles. The van der Waals surface area contributed by atoms with Crippen molar-refractivity contribution in [1.82, 2.24) is 9.55 Å². The molecule has 3 aromatic rings. The molecule has 0 radical (unpaired) electrons. The van der Waals surface area contributed by atoms with Crippen molar-refractivity contribution >= 4 is 30.1 Å². The lowest BCUT2D eigenvalue weighted by atomic mass is 10.1. The number of halogens is 1. The third-order valence-electron chi connectivity index (χ3n) is 3.96. The van der Waals surface area contributed by atoms with E-state index in [1.165, 1.54) is 4.57 Å². The molecule has 2 aromatic carbocycles. The van der Waals surface area contributed by atoms with E-state index < -0.39 is 7.60 Å². The molecule has 0 aliphatic rings. The number of hydrogen-bond acceptors (Lipinski definition) is 4. The molecule has 0 spiro atoms. The van der Waals surface area contributed by atoms with Crippen molar-refractivity contribution in [3.8, 4) is 11.4 Å². The van der Waals surface area contributed by atoms with Gasteiger partial charge in [-0.25, -0.2) is 4.98 Å². The summed E-state index contributed by atoms with van der Waals surface area (Å²) in [6, 6.07) is 12.0. The summed E-state index contributed by atoms with van der Waals surface area (Å²) in [7, 11) is -1.99. The predicted molar refractivity (Wildman–Crippen MR) is 103 cm³/mol. The monoisotopic (exact) mass is 392 g/mol. The van der Waals surface area contributed by atoms with Gasteiger partial charge in [-0.2, -0.15) is 0 Å². The molecule has 8 heteroatoms. The fourth-order valence-corrected chi connectivity index (χ4v) is 4.07. The van der Waals surface area contributed by atoms with Gasteiger partial charge in [0, 0.05) is 17.6 Å². The van der Waals surface area contributed by atoms with Crippen LogP contribution in [0, 0.1) is 0 Å². The standard InChI is InChI=1S/C18H18ClN2O4P/c1-3-25-26(23,24)11-12-4-6-13(7-5-12)17-20-16-10-14(19)8-9-15(16)18(22)21(17)2/h4-10H,3,11H2,1-2H3,(H,23,24). The number of fused-ring (bicyclic) bond motifs is 1. The second-order valence-corrected chi connectivity index (χ2v) is 8.16. The van der Waals surface area contributed by atoms with Gasteiger partial charge < -0.3 is 9.42 Å². The maximum absolute atomic E-state index is 12.6. The van der Waals surface area contributed by atoms with Crippen LogP contribution in [-0.2, 0) is 22.3 Å². The van der Waals surface area contributed by atoms with Gasteiger partial charge in [0.25, 0.3) is 5.56 Å². The molecule has 0 aliphatic heterocycles. The van der Waals surface area contributed by atoms with Crippen molar-refractivity contribution < 1.29 is 14.0 Å². The summed E-state index contributed by atoms with van der Waals surface area (Å²) in [5.74, 6) is 0.494. The summed E-state index contributed by atoms with van der Waals surface area (Å²) in [6.45, 7) is 1.85. The number of nitrogens with zero attached hydrogens (tertiary/aromatic N) is 2. The van der Waals surface area contributed by atoms with E-state index in [0.29, 0.717) is 27.3 Å². The van der Waals surface area contributed by atoms with E-state index in [4.69, 9.17) is 16.1 Å². The van der Waals surface area contributed by atoms with Crippen LogP contribution in [0.1, 0.15) is 12.5 Å². The second-order valence-electron chi connectivity index (χ2n) is 5.87. The lowest BCUT2D eigenvalue weighted by molar-refractivity contribution is 0.272. The summed E-state index contributed by atoms with van der Waals surface area (Å²) in [4.78, 5) is 26.8. The van der Waals surface area contributed by atoms with Crippen molar-refractivity contribution in [2.24, 2.45) is 7.05 Å². The van der Waals surface area contributed by atoms with Gasteiger partial charge in [-0.05, 0) is 30.7 Å². The molecule has 3 rings (SSSR count). The number of hydrogen-bond donors (Lipinski definition) is 1. The van der Waals surface area contributed by atoms with Gasteiger partial charge in [0.1, 0.15) is 5.82 Å². The number of rotatable bonds is 5. The van der Waals surface area contributed by atoms with E-state index >= 15 is 0 Å². The smallest absolute Gasteiger partial charge is 0.324 e. The molecule has 1 aromatic heterocycles. The maximum Gasteiger partial charge on any atom is 0.332 e. The first-order chi connectivity index (χ1) is 12.3. The summed E-state index contributed by atoms with van der Waals surface area (Å²) in [6.07, 6.45) is -0.0686. The van der Waals surface area contributed by atoms with Crippen molar-refractivity contribution in [2.45, 2.75) is 13.1 Å². The highest BCUT2D eigenvalue weighted by atomic mass is 35.5. The van der Waals surface area contributed by atoms with Crippen molar-refractivity contribution in [1.29, 1.82) is 0 Å². The zero-order chi connectivity index (χ0) is 18.9. The highest BCUT2D eigenvalue weighted by Gasteiger charge is 2.19. The molecule has 0 amide bonds. The zero-order valence-corrected chi connectivity index (χ0v) is 16.0. The predicted octanol–water partition coefficient (Wildman–Crippen LogP) is 3.98. The van der Waals surface area contributed by atoms with Crippen LogP contribution in [-0.4, -0.2) is 21.1 Å². The first kappa shape index (κ1) is 18.8. The fraction of sp³-hybridized carbons (Fsp3) is 0.222. The normalized spacial score (nSPS) is 13.7. The van der Waals surface area contributed by atoms with Gasteiger partial charge in [-0.15, -0.1) is 0 Å². The molecule has 1 unspecified atom stereocenters. The third kappa shape index (κ3) is 3.89. The van der Waals surface area contributed by atoms with Crippen LogP contribution in [0.4, 0.5) is 0 Å². The Morgan fingerprint density at radius 2 is 1.92 bits per heavy atom. The van der Waals surface area contributed by atoms with Gasteiger partial charge in [-0.1, -0.05) is 35.9 Å². The molecular formula is C18H18ClN2O4P. The quantitative estimate of drug-likeness (QED) is 0.664. The summed E-state index contributed by atoms with van der Waals surface area (Å²) < 4.78 is 18.2. The van der Waals surface area contributed by atoms with E-state index in [1.807, 2.05) is 0 Å². The van der Waals surface area contributed by atoms with Crippen LogP contribution in [0.3, 0.4) is 0 Å².